The first-order chi connectivity index (χ1) is 20.1. The van der Waals surface area contributed by atoms with Gasteiger partial charge in [0.2, 0.25) is 5.91 Å². The van der Waals surface area contributed by atoms with Gasteiger partial charge >= 0.3 is 0 Å². The average Bonchev–Trinajstić information content (AvgIpc) is 3.62. The van der Waals surface area contributed by atoms with Crippen LogP contribution in [0.2, 0.25) is 0 Å². The van der Waals surface area contributed by atoms with E-state index in [9.17, 15) is 9.18 Å². The third-order valence-electron chi connectivity index (χ3n) is 7.06. The van der Waals surface area contributed by atoms with Crippen LogP contribution < -0.4 is 5.32 Å². The van der Waals surface area contributed by atoms with Gasteiger partial charge in [0, 0.05) is 39.8 Å². The van der Waals surface area contributed by atoms with E-state index in [1.807, 2.05) is 66.7 Å². The Kier molecular flexibility index (Phi) is 6.05. The zero-order valence-electron chi connectivity index (χ0n) is 21.7. The number of H-pyrrole nitrogens is 2. The van der Waals surface area contributed by atoms with Gasteiger partial charge in [-0.05, 0) is 53.6 Å². The minimum Gasteiger partial charge on any atom is -0.353 e. The third-order valence-corrected chi connectivity index (χ3v) is 7.06. The molecule has 1 amide bonds. The zero-order chi connectivity index (χ0) is 27.8. The number of rotatable bonds is 6. The molecule has 0 aliphatic carbocycles. The first kappa shape index (κ1) is 24.4. The van der Waals surface area contributed by atoms with Gasteiger partial charge in [-0.3, -0.25) is 19.9 Å². The monoisotopic (exact) mass is 538 g/mol. The number of nitrogens with zero attached hydrogens (tertiary/aromatic N) is 3. The van der Waals surface area contributed by atoms with Crippen LogP contribution >= 0.6 is 0 Å². The first-order valence-electron chi connectivity index (χ1n) is 13.1. The smallest absolute Gasteiger partial charge is 0.228 e. The lowest BCUT2D eigenvalue weighted by molar-refractivity contribution is -0.115. The molecule has 0 fully saturated rings. The van der Waals surface area contributed by atoms with Crippen LogP contribution in [0, 0.1) is 5.82 Å². The van der Waals surface area contributed by atoms with Crippen LogP contribution in [0.3, 0.4) is 0 Å². The van der Waals surface area contributed by atoms with Crippen LogP contribution in [-0.4, -0.2) is 31.1 Å². The SMILES string of the molecule is O=C(Cc1ccccc1)Nc1cncc(-c2ccc3[nH]nc(-c4cc5c(-c6ccccc6F)nccc5[nH]4)c3c2)c1. The molecule has 7 nitrogen and oxygen atoms in total. The summed E-state index contributed by atoms with van der Waals surface area (Å²) in [5.41, 5.74) is 7.60. The lowest BCUT2D eigenvalue weighted by atomic mass is 10.0. The number of carbonyl (C=O) groups is 1. The number of fused-ring (bicyclic) bond motifs is 2. The number of hydrogen-bond donors (Lipinski definition) is 3. The fourth-order valence-corrected chi connectivity index (χ4v) is 5.10. The van der Waals surface area contributed by atoms with E-state index in [2.05, 4.69) is 30.5 Å². The molecule has 0 saturated carbocycles. The number of hydrogen-bond acceptors (Lipinski definition) is 4. The van der Waals surface area contributed by atoms with Gasteiger partial charge in [0.15, 0.2) is 0 Å². The molecule has 3 aromatic carbocycles. The minimum absolute atomic E-state index is 0.106. The number of halogens is 1. The van der Waals surface area contributed by atoms with Gasteiger partial charge in [-0.25, -0.2) is 4.39 Å². The molecular formula is C33H23FN6O. The molecule has 0 spiro atoms. The molecule has 0 radical (unpaired) electrons. The Balaban J connectivity index is 1.22. The van der Waals surface area contributed by atoms with E-state index in [-0.39, 0.29) is 18.1 Å². The fourth-order valence-electron chi connectivity index (χ4n) is 5.10. The molecule has 4 heterocycles. The molecule has 41 heavy (non-hydrogen) atoms. The Hall–Kier alpha value is -5.63. The minimum atomic E-state index is -0.322. The number of aromatic amines is 2. The topological polar surface area (TPSA) is 99.3 Å². The number of anilines is 1. The molecule has 3 N–H and O–H groups in total. The molecule has 0 aliphatic heterocycles. The molecule has 7 aromatic rings. The summed E-state index contributed by atoms with van der Waals surface area (Å²) in [5, 5.41) is 12.4. The quantitative estimate of drug-likeness (QED) is 0.209. The van der Waals surface area contributed by atoms with Crippen molar-refractivity contribution in [2.24, 2.45) is 0 Å². The molecule has 8 heteroatoms. The van der Waals surface area contributed by atoms with E-state index < -0.39 is 0 Å². The van der Waals surface area contributed by atoms with Crippen LogP contribution in [0.15, 0.2) is 110 Å². The predicted molar refractivity (Wildman–Crippen MR) is 159 cm³/mol. The molecule has 0 bridgehead atoms. The van der Waals surface area contributed by atoms with Crippen molar-refractivity contribution in [1.82, 2.24) is 25.1 Å². The summed E-state index contributed by atoms with van der Waals surface area (Å²) in [4.78, 5) is 24.9. The molecule has 0 atom stereocenters. The lowest BCUT2D eigenvalue weighted by Crippen LogP contribution is -2.14. The number of carbonyl (C=O) groups excluding carboxylic acids is 1. The highest BCUT2D eigenvalue weighted by molar-refractivity contribution is 6.01. The van der Waals surface area contributed by atoms with Gasteiger partial charge in [-0.2, -0.15) is 5.10 Å². The van der Waals surface area contributed by atoms with Gasteiger partial charge in [0.1, 0.15) is 11.5 Å². The summed E-state index contributed by atoms with van der Waals surface area (Å²) in [6.45, 7) is 0. The first-order valence-corrected chi connectivity index (χ1v) is 13.1. The van der Waals surface area contributed by atoms with Crippen molar-refractivity contribution >= 4 is 33.4 Å². The van der Waals surface area contributed by atoms with Crippen molar-refractivity contribution in [3.05, 3.63) is 121 Å². The summed E-state index contributed by atoms with van der Waals surface area (Å²) in [5.74, 6) is -0.428. The zero-order valence-corrected chi connectivity index (χ0v) is 21.7. The Bertz CT molecular complexity index is 2050. The van der Waals surface area contributed by atoms with E-state index in [0.717, 1.165) is 49.9 Å². The maximum absolute atomic E-state index is 14.6. The number of nitrogens with one attached hydrogen (secondary N) is 3. The second-order valence-electron chi connectivity index (χ2n) is 9.79. The highest BCUT2D eigenvalue weighted by Crippen LogP contribution is 2.35. The van der Waals surface area contributed by atoms with Gasteiger partial charge in [0.05, 0.1) is 35.2 Å². The number of benzene rings is 3. The third kappa shape index (κ3) is 4.72. The van der Waals surface area contributed by atoms with Crippen molar-refractivity contribution < 1.29 is 9.18 Å². The highest BCUT2D eigenvalue weighted by atomic mass is 19.1. The number of aromatic nitrogens is 5. The van der Waals surface area contributed by atoms with Crippen molar-refractivity contribution in [3.63, 3.8) is 0 Å². The predicted octanol–water partition coefficient (Wildman–Crippen LogP) is 7.16. The van der Waals surface area contributed by atoms with Crippen molar-refractivity contribution in [2.75, 3.05) is 5.32 Å². The molecule has 198 valence electrons. The van der Waals surface area contributed by atoms with Gasteiger partial charge < -0.3 is 10.3 Å². The Labute approximate surface area is 234 Å². The van der Waals surface area contributed by atoms with Gasteiger partial charge in [-0.15, -0.1) is 0 Å². The van der Waals surface area contributed by atoms with E-state index in [0.29, 0.717) is 16.9 Å². The van der Waals surface area contributed by atoms with Crippen molar-refractivity contribution in [3.8, 4) is 33.8 Å². The average molecular weight is 539 g/mol. The van der Waals surface area contributed by atoms with Crippen molar-refractivity contribution in [1.29, 1.82) is 0 Å². The Morgan fingerprint density at radius 3 is 2.51 bits per heavy atom. The summed E-state index contributed by atoms with van der Waals surface area (Å²) in [6.07, 6.45) is 5.36. The van der Waals surface area contributed by atoms with E-state index in [1.54, 1.807) is 36.8 Å². The van der Waals surface area contributed by atoms with Crippen LogP contribution in [0.5, 0.6) is 0 Å². The van der Waals surface area contributed by atoms with E-state index in [1.165, 1.54) is 6.07 Å². The summed E-state index contributed by atoms with van der Waals surface area (Å²) < 4.78 is 14.6. The molecule has 0 unspecified atom stereocenters. The van der Waals surface area contributed by atoms with Crippen molar-refractivity contribution in [2.45, 2.75) is 6.42 Å². The van der Waals surface area contributed by atoms with E-state index in [4.69, 9.17) is 0 Å². The molecule has 0 aliphatic rings. The van der Waals surface area contributed by atoms with Crippen LogP contribution in [-0.2, 0) is 11.2 Å². The molecule has 4 aromatic heterocycles. The summed E-state index contributed by atoms with van der Waals surface area (Å²) in [6, 6.07) is 28.0. The maximum atomic E-state index is 14.6. The van der Waals surface area contributed by atoms with Gasteiger partial charge in [-0.1, -0.05) is 48.5 Å². The molecule has 7 rings (SSSR count). The lowest BCUT2D eigenvalue weighted by Gasteiger charge is -2.08. The van der Waals surface area contributed by atoms with E-state index >= 15 is 0 Å². The normalized spacial score (nSPS) is 11.2. The summed E-state index contributed by atoms with van der Waals surface area (Å²) in [7, 11) is 0. The molecular weight excluding hydrogens is 515 g/mol. The number of pyridine rings is 2. The standard InChI is InChI=1S/C33H23FN6O/c34-27-9-5-4-8-24(27)32-26-17-30(38-28(26)12-13-36-32)33-25-16-21(10-11-29(25)39-40-33)22-15-23(19-35-18-22)37-31(41)14-20-6-2-1-3-7-20/h1-13,15-19,38H,14H2,(H,37,41)(H,39,40). The number of amides is 1. The van der Waals surface area contributed by atoms with Gasteiger partial charge in [0.25, 0.3) is 0 Å². The van der Waals surface area contributed by atoms with Crippen LogP contribution in [0.1, 0.15) is 5.56 Å². The Morgan fingerprint density at radius 2 is 1.63 bits per heavy atom. The second kappa shape index (κ2) is 10.2. The van der Waals surface area contributed by atoms with Crippen LogP contribution in [0.25, 0.3) is 55.6 Å². The highest BCUT2D eigenvalue weighted by Gasteiger charge is 2.16. The molecule has 0 saturated heterocycles. The maximum Gasteiger partial charge on any atom is 0.228 e. The fraction of sp³-hybridized carbons (Fsp3) is 0.0303. The summed E-state index contributed by atoms with van der Waals surface area (Å²) >= 11 is 0. The Morgan fingerprint density at radius 1 is 0.805 bits per heavy atom. The second-order valence-corrected chi connectivity index (χ2v) is 9.79. The largest absolute Gasteiger partial charge is 0.353 e. The van der Waals surface area contributed by atoms with Crippen LogP contribution in [0.4, 0.5) is 10.1 Å².